The Labute approximate surface area is 605 Å². The Hall–Kier alpha value is -2.25. The molecule has 3 aliphatic heterocycles. The van der Waals surface area contributed by atoms with Gasteiger partial charge in [-0.05, 0) is 51.4 Å². The quantitative estimate of drug-likeness (QED) is 0.0199. The van der Waals surface area contributed by atoms with Crippen LogP contribution >= 0.6 is 0 Å². The Balaban J connectivity index is 1.35. The summed E-state index contributed by atoms with van der Waals surface area (Å²) >= 11 is 0. The van der Waals surface area contributed by atoms with Crippen LogP contribution in [0.2, 0.25) is 0 Å². The first-order valence-electron chi connectivity index (χ1n) is 40.9. The number of aliphatic hydroxyl groups is 11. The lowest BCUT2D eigenvalue weighted by Gasteiger charge is -2.48. The van der Waals surface area contributed by atoms with Crippen molar-refractivity contribution >= 4 is 5.91 Å². The van der Waals surface area contributed by atoms with E-state index in [4.69, 9.17) is 28.4 Å². The second kappa shape index (κ2) is 61.9. The summed E-state index contributed by atoms with van der Waals surface area (Å²) in [6, 6.07) is -0.893. The average molecular weight is 1430 g/mol. The first-order chi connectivity index (χ1) is 48.8. The zero-order valence-electron chi connectivity index (χ0n) is 62.7. The van der Waals surface area contributed by atoms with E-state index in [1.807, 2.05) is 0 Å². The van der Waals surface area contributed by atoms with Gasteiger partial charge in [-0.15, -0.1) is 0 Å². The van der Waals surface area contributed by atoms with Gasteiger partial charge in [0.15, 0.2) is 18.9 Å². The van der Waals surface area contributed by atoms with Gasteiger partial charge in [0.1, 0.15) is 73.2 Å². The maximum Gasteiger partial charge on any atom is 0.220 e. The molecular weight excluding hydrogens is 1270 g/mol. The zero-order chi connectivity index (χ0) is 72.5. The van der Waals surface area contributed by atoms with E-state index in [0.717, 1.165) is 77.0 Å². The van der Waals surface area contributed by atoms with Crippen molar-refractivity contribution in [3.05, 3.63) is 48.6 Å². The number of amides is 1. The van der Waals surface area contributed by atoms with Crippen LogP contribution in [0.3, 0.4) is 0 Å². The van der Waals surface area contributed by atoms with E-state index in [0.29, 0.717) is 12.8 Å². The fraction of sp³-hybridized carbons (Fsp3) is 0.889. The highest BCUT2D eigenvalue weighted by molar-refractivity contribution is 5.76. The van der Waals surface area contributed by atoms with E-state index >= 15 is 0 Å². The van der Waals surface area contributed by atoms with Crippen molar-refractivity contribution in [2.75, 3.05) is 26.4 Å². The summed E-state index contributed by atoms with van der Waals surface area (Å²) in [5.74, 6) is -0.244. The largest absolute Gasteiger partial charge is 0.394 e. The summed E-state index contributed by atoms with van der Waals surface area (Å²) in [4.78, 5) is 13.5. The van der Waals surface area contributed by atoms with E-state index in [2.05, 4.69) is 67.8 Å². The number of aliphatic hydroxyl groups excluding tert-OH is 11. The van der Waals surface area contributed by atoms with Crippen LogP contribution in [0.1, 0.15) is 328 Å². The lowest BCUT2D eigenvalue weighted by atomic mass is 9.96. The summed E-state index contributed by atoms with van der Waals surface area (Å²) in [5.41, 5.74) is 0. The molecule has 0 aromatic rings. The smallest absolute Gasteiger partial charge is 0.220 e. The fourth-order valence-corrected chi connectivity index (χ4v) is 13.9. The lowest BCUT2D eigenvalue weighted by Crippen LogP contribution is -2.66. The molecule has 0 saturated carbocycles. The van der Waals surface area contributed by atoms with Crippen molar-refractivity contribution in [3.8, 4) is 0 Å². The summed E-state index contributed by atoms with van der Waals surface area (Å²) < 4.78 is 34.5. The molecule has 100 heavy (non-hydrogen) atoms. The highest BCUT2D eigenvalue weighted by atomic mass is 16.8. The zero-order valence-corrected chi connectivity index (χ0v) is 62.7. The van der Waals surface area contributed by atoms with Crippen molar-refractivity contribution in [2.24, 2.45) is 0 Å². The van der Waals surface area contributed by atoms with Crippen molar-refractivity contribution in [1.29, 1.82) is 0 Å². The van der Waals surface area contributed by atoms with Crippen LogP contribution in [0, 0.1) is 0 Å². The Bertz CT molecular complexity index is 1990. The van der Waals surface area contributed by atoms with Crippen LogP contribution in [-0.4, -0.2) is 193 Å². The van der Waals surface area contributed by atoms with Crippen LogP contribution in [0.15, 0.2) is 48.6 Å². The van der Waals surface area contributed by atoms with E-state index in [9.17, 15) is 61.0 Å². The number of ether oxygens (including phenoxy) is 6. The fourth-order valence-electron chi connectivity index (χ4n) is 13.9. The van der Waals surface area contributed by atoms with Gasteiger partial charge >= 0.3 is 0 Å². The number of carbonyl (C=O) groups is 1. The van der Waals surface area contributed by atoms with Gasteiger partial charge in [-0.3, -0.25) is 4.79 Å². The minimum Gasteiger partial charge on any atom is -0.394 e. The van der Waals surface area contributed by atoms with Gasteiger partial charge in [-0.2, -0.15) is 0 Å². The normalized spacial score (nSPS) is 26.7. The van der Waals surface area contributed by atoms with Gasteiger partial charge in [-0.25, -0.2) is 0 Å². The predicted molar refractivity (Wildman–Crippen MR) is 397 cm³/mol. The molecule has 0 aliphatic carbocycles. The maximum atomic E-state index is 13.5. The Morgan fingerprint density at radius 1 is 0.370 bits per heavy atom. The molecule has 0 aromatic heterocycles. The molecule has 3 saturated heterocycles. The average Bonchev–Trinajstić information content (AvgIpc) is 0.783. The van der Waals surface area contributed by atoms with Gasteiger partial charge in [0.25, 0.3) is 0 Å². The van der Waals surface area contributed by atoms with Crippen LogP contribution in [0.25, 0.3) is 0 Å². The first-order valence-corrected chi connectivity index (χ1v) is 40.9. The van der Waals surface area contributed by atoms with Crippen molar-refractivity contribution in [1.82, 2.24) is 5.32 Å². The summed E-state index contributed by atoms with van der Waals surface area (Å²) in [6.07, 6.45) is 50.6. The van der Waals surface area contributed by atoms with Gasteiger partial charge < -0.3 is 89.9 Å². The molecule has 0 aromatic carbocycles. The second-order valence-corrected chi connectivity index (χ2v) is 29.2. The van der Waals surface area contributed by atoms with Crippen molar-refractivity contribution < 1.29 is 89.4 Å². The van der Waals surface area contributed by atoms with Crippen LogP contribution in [0.5, 0.6) is 0 Å². The van der Waals surface area contributed by atoms with Crippen LogP contribution < -0.4 is 5.32 Å². The first kappa shape index (κ1) is 92.0. The molecule has 0 bridgehead atoms. The number of nitrogens with one attached hydrogen (secondary N) is 1. The summed E-state index contributed by atoms with van der Waals surface area (Å²) in [7, 11) is 0. The molecule has 12 N–H and O–H groups in total. The van der Waals surface area contributed by atoms with Crippen molar-refractivity contribution in [3.63, 3.8) is 0 Å². The number of hydrogen-bond acceptors (Lipinski definition) is 18. The number of carbonyl (C=O) groups excluding carboxylic acids is 1. The standard InChI is InChI=1S/C81H149NO18/c1-3-5-7-9-11-13-15-17-19-21-23-25-27-28-29-30-31-32-33-34-35-37-38-40-42-44-46-48-50-52-54-56-58-65(86)64(82-69(87)59-57-55-53-51-49-47-45-43-41-39-36-26-24-22-20-18-16-14-12-10-8-6-4-2)63-95-79-75(93)72(90)77(67(61-84)97-79)100-81-76(94)73(91)78(68(62-85)98-81)99-80-74(92)71(89)70(88)66(60-83)96-80/h6,8,12,14,18,20,24,26,64-68,70-81,83-86,88-94H,3-5,7,9-11,13,15-17,19,21-23,25,27-63H2,1-2H3,(H,82,87)/b8-6-,14-12-,20-18-,26-24-. The summed E-state index contributed by atoms with van der Waals surface area (Å²) in [5, 5.41) is 121. The molecule has 3 aliphatic rings. The molecule has 0 radical (unpaired) electrons. The van der Waals surface area contributed by atoms with Crippen LogP contribution in [0.4, 0.5) is 0 Å². The summed E-state index contributed by atoms with van der Waals surface area (Å²) in [6.45, 7) is 1.73. The number of rotatable bonds is 65. The lowest BCUT2D eigenvalue weighted by molar-refractivity contribution is -0.379. The Morgan fingerprint density at radius 3 is 1.08 bits per heavy atom. The minimum atomic E-state index is -1.97. The highest BCUT2D eigenvalue weighted by Gasteiger charge is 2.54. The van der Waals surface area contributed by atoms with E-state index in [1.54, 1.807) is 0 Å². The van der Waals surface area contributed by atoms with Gasteiger partial charge in [-0.1, -0.05) is 319 Å². The van der Waals surface area contributed by atoms with Gasteiger partial charge in [0, 0.05) is 6.42 Å². The number of allylic oxidation sites excluding steroid dienone is 8. The molecule has 1 amide bonds. The molecule has 0 spiro atoms. The topological polar surface area (TPSA) is 307 Å². The molecule has 17 unspecified atom stereocenters. The van der Waals surface area contributed by atoms with Crippen LogP contribution in [-0.2, 0) is 33.2 Å². The second-order valence-electron chi connectivity index (χ2n) is 29.2. The maximum absolute atomic E-state index is 13.5. The van der Waals surface area contributed by atoms with Gasteiger partial charge in [0.2, 0.25) is 5.91 Å². The molecule has 19 heteroatoms. The minimum absolute atomic E-state index is 0.244. The van der Waals surface area contributed by atoms with Crippen molar-refractivity contribution in [2.45, 2.75) is 433 Å². The Kier molecular flexibility index (Phi) is 56.9. The molecule has 586 valence electrons. The number of hydrogen-bond donors (Lipinski definition) is 12. The third-order valence-electron chi connectivity index (χ3n) is 20.4. The third kappa shape index (κ3) is 41.6. The molecule has 3 rings (SSSR count). The third-order valence-corrected chi connectivity index (χ3v) is 20.4. The molecule has 19 nitrogen and oxygen atoms in total. The molecule has 3 heterocycles. The molecule has 17 atom stereocenters. The molecule has 3 fully saturated rings. The number of unbranched alkanes of at least 4 members (excludes halogenated alkanes) is 41. The van der Waals surface area contributed by atoms with Gasteiger partial charge in [0.05, 0.1) is 38.6 Å². The van der Waals surface area contributed by atoms with E-state index in [1.165, 1.54) is 218 Å². The molecular formula is C81H149NO18. The predicted octanol–water partition coefficient (Wildman–Crippen LogP) is 13.7. The van der Waals surface area contributed by atoms with E-state index < -0.39 is 124 Å². The monoisotopic (exact) mass is 1420 g/mol. The Morgan fingerprint density at radius 2 is 0.690 bits per heavy atom. The SMILES string of the molecule is CC/C=C\C/C=C\C/C=C\C/C=C\CCCCCCCCCCCCC(=O)NC(COC1OC(CO)C(OC2OC(CO)C(OC3OC(CO)C(O)C(O)C3O)C(O)C2O)C(O)C1O)C(O)CCCCCCCCCCCCCCCCCCCCCCCCCCCCCCCCCC. The highest BCUT2D eigenvalue weighted by Crippen LogP contribution is 2.33. The van der Waals surface area contributed by atoms with E-state index in [-0.39, 0.29) is 18.9 Å².